The second-order valence-electron chi connectivity index (χ2n) is 5.69. The predicted octanol–water partition coefficient (Wildman–Crippen LogP) is 2.47. The second-order valence-corrected chi connectivity index (χ2v) is 5.69. The molecule has 0 spiro atoms. The van der Waals surface area contributed by atoms with Gasteiger partial charge in [-0.15, -0.1) is 0 Å². The van der Waals surface area contributed by atoms with Gasteiger partial charge in [0.2, 0.25) is 0 Å². The van der Waals surface area contributed by atoms with E-state index in [1.54, 1.807) is 6.07 Å². The maximum Gasteiger partial charge on any atom is 0.125 e. The van der Waals surface area contributed by atoms with Crippen LogP contribution in [0.25, 0.3) is 0 Å². The van der Waals surface area contributed by atoms with Crippen molar-refractivity contribution in [2.45, 2.75) is 38.8 Å². The number of halogens is 1. The summed E-state index contributed by atoms with van der Waals surface area (Å²) in [7, 11) is 0. The van der Waals surface area contributed by atoms with Crippen molar-refractivity contribution in [1.29, 1.82) is 5.26 Å². The van der Waals surface area contributed by atoms with Crippen LogP contribution in [-0.2, 0) is 6.42 Å². The molecule has 0 radical (unpaired) electrons. The monoisotopic (exact) mass is 261 g/mol. The molecule has 19 heavy (non-hydrogen) atoms. The Morgan fingerprint density at radius 3 is 2.89 bits per heavy atom. The summed E-state index contributed by atoms with van der Waals surface area (Å²) in [5.74, 6) is -0.221. The van der Waals surface area contributed by atoms with Gasteiger partial charge in [-0.2, -0.15) is 5.26 Å². The third-order valence-corrected chi connectivity index (χ3v) is 3.40. The topological polar surface area (TPSA) is 39.1 Å². The Morgan fingerprint density at radius 1 is 1.53 bits per heavy atom. The van der Waals surface area contributed by atoms with Crippen molar-refractivity contribution in [2.24, 2.45) is 0 Å². The number of anilines is 1. The minimum Gasteiger partial charge on any atom is -0.368 e. The fourth-order valence-corrected chi connectivity index (χ4v) is 2.72. The van der Waals surface area contributed by atoms with Gasteiger partial charge in [0.15, 0.2) is 0 Å². The first-order valence-electron chi connectivity index (χ1n) is 6.66. The van der Waals surface area contributed by atoms with E-state index < -0.39 is 5.54 Å². The summed E-state index contributed by atoms with van der Waals surface area (Å²) in [6, 6.07) is 7.47. The summed E-state index contributed by atoms with van der Waals surface area (Å²) in [5, 5.41) is 12.7. The third-order valence-electron chi connectivity index (χ3n) is 3.40. The van der Waals surface area contributed by atoms with E-state index >= 15 is 0 Å². The normalized spacial score (nSPS) is 17.2. The van der Waals surface area contributed by atoms with Gasteiger partial charge in [-0.1, -0.05) is 6.07 Å². The average Bonchev–Trinajstić information content (AvgIpc) is 2.71. The van der Waals surface area contributed by atoms with Crippen LogP contribution in [0.3, 0.4) is 0 Å². The van der Waals surface area contributed by atoms with E-state index in [0.29, 0.717) is 6.54 Å². The number of nitrogens with zero attached hydrogens (tertiary/aromatic N) is 2. The number of fused-ring (bicyclic) bond motifs is 1. The predicted molar refractivity (Wildman–Crippen MR) is 74.6 cm³/mol. The molecule has 1 aliphatic heterocycles. The zero-order valence-corrected chi connectivity index (χ0v) is 11.7. The number of hydrogen-bond acceptors (Lipinski definition) is 3. The first-order chi connectivity index (χ1) is 8.93. The molecule has 102 valence electrons. The summed E-state index contributed by atoms with van der Waals surface area (Å²) in [6.07, 6.45) is 0.915. The zero-order valence-electron chi connectivity index (χ0n) is 11.7. The molecule has 0 aromatic heterocycles. The lowest BCUT2D eigenvalue weighted by Crippen LogP contribution is -2.52. The number of hydrogen-bond donors (Lipinski definition) is 1. The number of nitriles is 1. The number of benzene rings is 1. The van der Waals surface area contributed by atoms with Crippen molar-refractivity contribution in [2.75, 3.05) is 18.0 Å². The summed E-state index contributed by atoms with van der Waals surface area (Å²) in [6.45, 7) is 7.35. The lowest BCUT2D eigenvalue weighted by molar-refractivity contribution is 0.405. The van der Waals surface area contributed by atoms with E-state index in [9.17, 15) is 9.65 Å². The fraction of sp³-hybridized carbons (Fsp3) is 0.533. The Morgan fingerprint density at radius 2 is 2.26 bits per heavy atom. The van der Waals surface area contributed by atoms with Crippen molar-refractivity contribution in [3.05, 3.63) is 29.6 Å². The van der Waals surface area contributed by atoms with E-state index in [0.717, 1.165) is 24.2 Å². The molecule has 1 aromatic rings. The van der Waals surface area contributed by atoms with Crippen LogP contribution in [0.1, 0.15) is 26.3 Å². The summed E-state index contributed by atoms with van der Waals surface area (Å²) in [4.78, 5) is 2.09. The summed E-state index contributed by atoms with van der Waals surface area (Å²) < 4.78 is 13.4. The van der Waals surface area contributed by atoms with E-state index in [1.165, 1.54) is 6.07 Å². The highest BCUT2D eigenvalue weighted by Crippen LogP contribution is 2.29. The molecule has 0 amide bonds. The van der Waals surface area contributed by atoms with Gasteiger partial charge in [-0.25, -0.2) is 4.39 Å². The minimum atomic E-state index is -0.623. The fourth-order valence-electron chi connectivity index (χ4n) is 2.72. The van der Waals surface area contributed by atoms with Crippen molar-refractivity contribution in [1.82, 2.24) is 5.32 Å². The van der Waals surface area contributed by atoms with Gasteiger partial charge in [-0.05, 0) is 44.9 Å². The Balaban J connectivity index is 2.18. The highest BCUT2D eigenvalue weighted by atomic mass is 19.1. The van der Waals surface area contributed by atoms with Crippen molar-refractivity contribution in [3.63, 3.8) is 0 Å². The lowest BCUT2D eigenvalue weighted by Gasteiger charge is -2.32. The highest BCUT2D eigenvalue weighted by Gasteiger charge is 2.30. The van der Waals surface area contributed by atoms with Gasteiger partial charge in [-0.3, -0.25) is 5.32 Å². The molecule has 1 aliphatic rings. The first-order valence-corrected chi connectivity index (χ1v) is 6.66. The Kier molecular flexibility index (Phi) is 3.77. The molecule has 1 N–H and O–H groups in total. The number of rotatable bonds is 4. The molecule has 1 unspecified atom stereocenters. The maximum absolute atomic E-state index is 13.4. The van der Waals surface area contributed by atoms with Gasteiger partial charge in [0.1, 0.15) is 11.4 Å². The van der Waals surface area contributed by atoms with Gasteiger partial charge >= 0.3 is 0 Å². The SMILES string of the molecule is CC(C)NC(C)(C#N)CN1CCc2ccc(F)cc21. The first kappa shape index (κ1) is 13.8. The van der Waals surface area contributed by atoms with Gasteiger partial charge in [0.05, 0.1) is 6.07 Å². The minimum absolute atomic E-state index is 0.221. The van der Waals surface area contributed by atoms with Crippen LogP contribution in [0.2, 0.25) is 0 Å². The molecule has 4 heteroatoms. The summed E-state index contributed by atoms with van der Waals surface area (Å²) in [5.41, 5.74) is 1.46. The average molecular weight is 261 g/mol. The number of nitrogens with one attached hydrogen (secondary N) is 1. The second kappa shape index (κ2) is 5.18. The van der Waals surface area contributed by atoms with Crippen LogP contribution in [-0.4, -0.2) is 24.7 Å². The lowest BCUT2D eigenvalue weighted by atomic mass is 10.0. The molecule has 3 nitrogen and oxygen atoms in total. The van der Waals surface area contributed by atoms with Crippen LogP contribution in [0, 0.1) is 17.1 Å². The Bertz CT molecular complexity index is 507. The van der Waals surface area contributed by atoms with E-state index in [-0.39, 0.29) is 11.9 Å². The zero-order chi connectivity index (χ0) is 14.0. The molecule has 0 saturated carbocycles. The van der Waals surface area contributed by atoms with E-state index in [4.69, 9.17) is 0 Å². The van der Waals surface area contributed by atoms with Crippen LogP contribution >= 0.6 is 0 Å². The molecular weight excluding hydrogens is 241 g/mol. The van der Waals surface area contributed by atoms with Gasteiger partial charge < -0.3 is 4.90 Å². The Hall–Kier alpha value is -1.60. The Labute approximate surface area is 114 Å². The maximum atomic E-state index is 13.4. The molecule has 1 heterocycles. The largest absolute Gasteiger partial charge is 0.368 e. The smallest absolute Gasteiger partial charge is 0.125 e. The third kappa shape index (κ3) is 3.05. The van der Waals surface area contributed by atoms with Crippen LogP contribution in [0.15, 0.2) is 18.2 Å². The van der Waals surface area contributed by atoms with Crippen LogP contribution in [0.5, 0.6) is 0 Å². The van der Waals surface area contributed by atoms with Crippen LogP contribution in [0.4, 0.5) is 10.1 Å². The van der Waals surface area contributed by atoms with Crippen molar-refractivity contribution < 1.29 is 4.39 Å². The van der Waals surface area contributed by atoms with Crippen molar-refractivity contribution >= 4 is 5.69 Å². The standard InChI is InChI=1S/C15H20FN3/c1-11(2)18-15(3,9-17)10-19-7-6-12-4-5-13(16)8-14(12)19/h4-5,8,11,18H,6-7,10H2,1-3H3. The molecule has 0 bridgehead atoms. The van der Waals surface area contributed by atoms with Crippen LogP contribution < -0.4 is 10.2 Å². The van der Waals surface area contributed by atoms with Gasteiger partial charge in [0.25, 0.3) is 0 Å². The molecule has 0 fully saturated rings. The highest BCUT2D eigenvalue weighted by molar-refractivity contribution is 5.58. The quantitative estimate of drug-likeness (QED) is 0.905. The van der Waals surface area contributed by atoms with E-state index in [2.05, 4.69) is 16.3 Å². The molecule has 2 rings (SSSR count). The van der Waals surface area contributed by atoms with Crippen molar-refractivity contribution in [3.8, 4) is 6.07 Å². The van der Waals surface area contributed by atoms with E-state index in [1.807, 2.05) is 26.8 Å². The molecule has 1 aromatic carbocycles. The molecule has 0 aliphatic carbocycles. The molecule has 1 atom stereocenters. The van der Waals surface area contributed by atoms with Gasteiger partial charge in [0, 0.05) is 24.8 Å². The summed E-state index contributed by atoms with van der Waals surface area (Å²) >= 11 is 0. The molecule has 0 saturated heterocycles. The molecular formula is C15H20FN3.